The van der Waals surface area contributed by atoms with Crippen molar-refractivity contribution in [3.63, 3.8) is 0 Å². The third-order valence-electron chi connectivity index (χ3n) is 4.97. The molecule has 8 heteroatoms. The second-order valence-electron chi connectivity index (χ2n) is 6.80. The molecule has 1 saturated heterocycles. The van der Waals surface area contributed by atoms with Gasteiger partial charge in [0.2, 0.25) is 5.09 Å². The molecule has 24 heavy (non-hydrogen) atoms. The Labute approximate surface area is 143 Å². The Balaban J connectivity index is 1.70. The first kappa shape index (κ1) is 17.4. The van der Waals surface area contributed by atoms with Crippen LogP contribution < -0.4 is 4.72 Å². The van der Waals surface area contributed by atoms with E-state index in [4.69, 9.17) is 4.42 Å². The number of nitrogens with one attached hydrogen (secondary N) is 1. The van der Waals surface area contributed by atoms with Gasteiger partial charge in [0.05, 0.1) is 5.56 Å². The second-order valence-corrected chi connectivity index (χ2v) is 8.62. The lowest BCUT2D eigenvalue weighted by atomic mass is 9.91. The van der Waals surface area contributed by atoms with Gasteiger partial charge in [-0.1, -0.05) is 13.3 Å². The van der Waals surface area contributed by atoms with Crippen molar-refractivity contribution < 1.29 is 17.6 Å². The summed E-state index contributed by atoms with van der Waals surface area (Å²) in [6.07, 6.45) is 5.04. The molecule has 1 amide bonds. The van der Waals surface area contributed by atoms with Crippen LogP contribution in [0.2, 0.25) is 0 Å². The van der Waals surface area contributed by atoms with Crippen molar-refractivity contribution in [2.75, 3.05) is 33.2 Å². The standard InChI is InChI=1S/C16H25N3O4S/c1-12-9-18(14-4-3-5-14)6-7-19(10-12)16(20)13-8-15(23-11-13)24(21,22)17-2/h8,11-12,14,17H,3-7,9-10H2,1-2H3. The van der Waals surface area contributed by atoms with Crippen molar-refractivity contribution in [3.05, 3.63) is 17.9 Å². The van der Waals surface area contributed by atoms with E-state index in [0.29, 0.717) is 25.0 Å². The van der Waals surface area contributed by atoms with Gasteiger partial charge in [-0.05, 0) is 25.8 Å². The first-order chi connectivity index (χ1) is 11.4. The van der Waals surface area contributed by atoms with E-state index < -0.39 is 10.0 Å². The summed E-state index contributed by atoms with van der Waals surface area (Å²) in [6, 6.07) is 1.97. The fraction of sp³-hybridized carbons (Fsp3) is 0.688. The van der Waals surface area contributed by atoms with Gasteiger partial charge < -0.3 is 9.32 Å². The van der Waals surface area contributed by atoms with Crippen molar-refractivity contribution in [3.8, 4) is 0 Å². The molecule has 1 aromatic rings. The Hall–Kier alpha value is -1.38. The van der Waals surface area contributed by atoms with E-state index in [0.717, 1.165) is 13.1 Å². The topological polar surface area (TPSA) is 82.9 Å². The summed E-state index contributed by atoms with van der Waals surface area (Å²) >= 11 is 0. The molecule has 3 rings (SSSR count). The molecule has 1 N–H and O–H groups in total. The van der Waals surface area contributed by atoms with E-state index in [1.165, 1.54) is 38.6 Å². The number of nitrogens with zero attached hydrogens (tertiary/aromatic N) is 2. The average Bonchev–Trinajstić information content (AvgIpc) is 2.92. The third kappa shape index (κ3) is 3.50. The predicted octanol–water partition coefficient (Wildman–Crippen LogP) is 1.13. The zero-order valence-electron chi connectivity index (χ0n) is 14.2. The van der Waals surface area contributed by atoms with Crippen LogP contribution in [0.25, 0.3) is 0 Å². The summed E-state index contributed by atoms with van der Waals surface area (Å²) in [6.45, 7) is 5.39. The molecule has 0 spiro atoms. The number of carbonyl (C=O) groups is 1. The van der Waals surface area contributed by atoms with Gasteiger partial charge in [0.15, 0.2) is 0 Å². The summed E-state index contributed by atoms with van der Waals surface area (Å²) in [5, 5.41) is -0.229. The molecule has 1 aliphatic heterocycles. The van der Waals surface area contributed by atoms with Gasteiger partial charge in [-0.2, -0.15) is 0 Å². The number of hydrogen-bond donors (Lipinski definition) is 1. The summed E-state index contributed by atoms with van der Waals surface area (Å²) in [5.74, 6) is 0.225. The number of amides is 1. The number of furan rings is 1. The van der Waals surface area contributed by atoms with Crippen LogP contribution in [0.1, 0.15) is 36.5 Å². The van der Waals surface area contributed by atoms with Crippen LogP contribution in [0, 0.1) is 5.92 Å². The van der Waals surface area contributed by atoms with Crippen LogP contribution in [0.5, 0.6) is 0 Å². The number of rotatable bonds is 4. The highest BCUT2D eigenvalue weighted by molar-refractivity contribution is 7.89. The zero-order valence-corrected chi connectivity index (χ0v) is 15.0. The molecule has 1 unspecified atom stereocenters. The molecule has 1 saturated carbocycles. The van der Waals surface area contributed by atoms with Gasteiger partial charge in [0, 0.05) is 38.3 Å². The molecule has 2 heterocycles. The Bertz CT molecular complexity index is 696. The molecule has 1 atom stereocenters. The summed E-state index contributed by atoms with van der Waals surface area (Å²) in [4.78, 5) is 17.0. The minimum atomic E-state index is -3.67. The smallest absolute Gasteiger partial charge is 0.273 e. The Kier molecular flexibility index (Phi) is 4.98. The van der Waals surface area contributed by atoms with E-state index in [9.17, 15) is 13.2 Å². The van der Waals surface area contributed by atoms with E-state index in [-0.39, 0.29) is 16.6 Å². The molecular formula is C16H25N3O4S. The average molecular weight is 355 g/mol. The van der Waals surface area contributed by atoms with Gasteiger partial charge in [0.1, 0.15) is 6.26 Å². The lowest BCUT2D eigenvalue weighted by molar-refractivity contribution is 0.0742. The third-order valence-corrected chi connectivity index (χ3v) is 6.25. The van der Waals surface area contributed by atoms with Gasteiger partial charge in [-0.25, -0.2) is 13.1 Å². The fourth-order valence-corrected chi connectivity index (χ4v) is 4.04. The lowest BCUT2D eigenvalue weighted by Gasteiger charge is -2.37. The van der Waals surface area contributed by atoms with Gasteiger partial charge in [-0.15, -0.1) is 0 Å². The van der Waals surface area contributed by atoms with E-state index in [1.54, 1.807) is 0 Å². The van der Waals surface area contributed by atoms with Crippen molar-refractivity contribution >= 4 is 15.9 Å². The number of hydrogen-bond acceptors (Lipinski definition) is 5. The first-order valence-corrected chi connectivity index (χ1v) is 9.94. The largest absolute Gasteiger partial charge is 0.451 e. The Morgan fingerprint density at radius 3 is 2.67 bits per heavy atom. The molecule has 1 aromatic heterocycles. The van der Waals surface area contributed by atoms with Crippen LogP contribution in [-0.4, -0.2) is 63.4 Å². The maximum atomic E-state index is 12.7. The molecule has 134 valence electrons. The van der Waals surface area contributed by atoms with E-state index >= 15 is 0 Å². The van der Waals surface area contributed by atoms with Crippen LogP contribution >= 0.6 is 0 Å². The van der Waals surface area contributed by atoms with Gasteiger partial charge in [0.25, 0.3) is 15.9 Å². The first-order valence-electron chi connectivity index (χ1n) is 8.46. The quantitative estimate of drug-likeness (QED) is 0.876. The normalized spacial score (nSPS) is 23.8. The zero-order chi connectivity index (χ0) is 17.3. The van der Waals surface area contributed by atoms with E-state index in [2.05, 4.69) is 16.5 Å². The summed E-state index contributed by atoms with van der Waals surface area (Å²) in [5.41, 5.74) is 0.285. The van der Waals surface area contributed by atoms with E-state index in [1.807, 2.05) is 4.90 Å². The number of carbonyl (C=O) groups excluding carboxylic acids is 1. The highest BCUT2D eigenvalue weighted by Crippen LogP contribution is 2.27. The summed E-state index contributed by atoms with van der Waals surface area (Å²) < 4.78 is 30.7. The highest BCUT2D eigenvalue weighted by Gasteiger charge is 2.31. The maximum absolute atomic E-state index is 12.7. The maximum Gasteiger partial charge on any atom is 0.273 e. The van der Waals surface area contributed by atoms with Crippen LogP contribution in [0.15, 0.2) is 21.8 Å². The van der Waals surface area contributed by atoms with Gasteiger partial charge >= 0.3 is 0 Å². The Morgan fingerprint density at radius 2 is 2.04 bits per heavy atom. The van der Waals surface area contributed by atoms with Crippen molar-refractivity contribution in [2.24, 2.45) is 5.92 Å². The molecule has 7 nitrogen and oxygen atoms in total. The molecule has 2 aliphatic rings. The van der Waals surface area contributed by atoms with Crippen molar-refractivity contribution in [1.29, 1.82) is 0 Å². The minimum Gasteiger partial charge on any atom is -0.451 e. The van der Waals surface area contributed by atoms with Crippen LogP contribution in [-0.2, 0) is 10.0 Å². The van der Waals surface area contributed by atoms with Gasteiger partial charge in [-0.3, -0.25) is 9.69 Å². The highest BCUT2D eigenvalue weighted by atomic mass is 32.2. The predicted molar refractivity (Wildman–Crippen MR) is 89.2 cm³/mol. The SMILES string of the molecule is CNS(=O)(=O)c1cc(C(=O)N2CCN(C3CCC3)CC(C)C2)co1. The van der Waals surface area contributed by atoms with Crippen LogP contribution in [0.3, 0.4) is 0 Å². The fourth-order valence-electron chi connectivity index (χ4n) is 3.39. The molecular weight excluding hydrogens is 330 g/mol. The summed E-state index contributed by atoms with van der Waals surface area (Å²) in [7, 11) is -2.36. The van der Waals surface area contributed by atoms with Crippen molar-refractivity contribution in [1.82, 2.24) is 14.5 Å². The molecule has 0 bridgehead atoms. The minimum absolute atomic E-state index is 0.168. The lowest BCUT2D eigenvalue weighted by Crippen LogP contribution is -2.43. The molecule has 0 radical (unpaired) electrons. The van der Waals surface area contributed by atoms with Crippen LogP contribution in [0.4, 0.5) is 0 Å². The number of sulfonamides is 1. The molecule has 2 fully saturated rings. The molecule has 0 aromatic carbocycles. The Morgan fingerprint density at radius 1 is 1.29 bits per heavy atom. The van der Waals surface area contributed by atoms with Crippen molar-refractivity contribution in [2.45, 2.75) is 37.3 Å². The monoisotopic (exact) mass is 355 g/mol. The molecule has 1 aliphatic carbocycles. The second kappa shape index (κ2) is 6.85.